The zero-order valence-electron chi connectivity index (χ0n) is 14.7. The molecule has 1 aliphatic heterocycles. The van der Waals surface area contributed by atoms with Gasteiger partial charge < -0.3 is 9.64 Å². The van der Waals surface area contributed by atoms with E-state index in [1.807, 2.05) is 23.1 Å². The average Bonchev–Trinajstić information content (AvgIpc) is 3.14. The van der Waals surface area contributed by atoms with Crippen LogP contribution in [0, 0.1) is 0 Å². The standard InChI is InChI=1S/C18H25N5O2/c1-25-14-13-21-9-11-22(12-10-21)18(24)17-15-23(20-19-17)8-7-16-5-3-2-4-6-16/h2-6,15H,7-14H2,1H3. The van der Waals surface area contributed by atoms with E-state index in [4.69, 9.17) is 4.74 Å². The molecule has 134 valence electrons. The summed E-state index contributed by atoms with van der Waals surface area (Å²) >= 11 is 0. The Hall–Kier alpha value is -2.25. The minimum Gasteiger partial charge on any atom is -0.383 e. The lowest BCUT2D eigenvalue weighted by Gasteiger charge is -2.34. The van der Waals surface area contributed by atoms with Crippen LogP contribution in [0.25, 0.3) is 0 Å². The lowest BCUT2D eigenvalue weighted by Crippen LogP contribution is -2.49. The molecule has 0 saturated carbocycles. The summed E-state index contributed by atoms with van der Waals surface area (Å²) in [6.07, 6.45) is 2.62. The third kappa shape index (κ3) is 4.87. The van der Waals surface area contributed by atoms with Crippen molar-refractivity contribution < 1.29 is 9.53 Å². The predicted octanol–water partition coefficient (Wildman–Crippen LogP) is 0.925. The summed E-state index contributed by atoms with van der Waals surface area (Å²) in [6.45, 7) is 5.54. The van der Waals surface area contributed by atoms with Gasteiger partial charge in [-0.15, -0.1) is 5.10 Å². The second-order valence-electron chi connectivity index (χ2n) is 6.23. The smallest absolute Gasteiger partial charge is 0.276 e. The first-order chi connectivity index (χ1) is 12.3. The van der Waals surface area contributed by atoms with Crippen LogP contribution in [-0.2, 0) is 17.7 Å². The number of aromatic nitrogens is 3. The highest BCUT2D eigenvalue weighted by atomic mass is 16.5. The Bertz CT molecular complexity index is 665. The normalized spacial score (nSPS) is 15.5. The number of carbonyl (C=O) groups excluding carboxylic acids is 1. The van der Waals surface area contributed by atoms with Gasteiger partial charge in [0.25, 0.3) is 5.91 Å². The van der Waals surface area contributed by atoms with Gasteiger partial charge in [-0.25, -0.2) is 0 Å². The molecule has 0 aliphatic carbocycles. The van der Waals surface area contributed by atoms with Crippen molar-refractivity contribution in [2.45, 2.75) is 13.0 Å². The zero-order chi connectivity index (χ0) is 17.5. The van der Waals surface area contributed by atoms with E-state index in [9.17, 15) is 4.79 Å². The second-order valence-corrected chi connectivity index (χ2v) is 6.23. The summed E-state index contributed by atoms with van der Waals surface area (Å²) in [4.78, 5) is 16.7. The summed E-state index contributed by atoms with van der Waals surface area (Å²) in [6, 6.07) is 10.2. The van der Waals surface area contributed by atoms with E-state index in [1.54, 1.807) is 18.0 Å². The van der Waals surface area contributed by atoms with Gasteiger partial charge in [-0.2, -0.15) is 0 Å². The van der Waals surface area contributed by atoms with E-state index in [0.29, 0.717) is 5.69 Å². The van der Waals surface area contributed by atoms with Gasteiger partial charge in [0.1, 0.15) is 0 Å². The third-order valence-corrected chi connectivity index (χ3v) is 4.50. The minimum absolute atomic E-state index is 0.0302. The molecule has 25 heavy (non-hydrogen) atoms. The molecule has 1 saturated heterocycles. The van der Waals surface area contributed by atoms with Crippen molar-refractivity contribution in [1.29, 1.82) is 0 Å². The molecule has 7 heteroatoms. The monoisotopic (exact) mass is 343 g/mol. The summed E-state index contributed by atoms with van der Waals surface area (Å²) in [5.74, 6) is -0.0302. The van der Waals surface area contributed by atoms with Crippen molar-refractivity contribution in [2.75, 3.05) is 46.4 Å². The number of amides is 1. The van der Waals surface area contributed by atoms with Crippen LogP contribution in [0.1, 0.15) is 16.1 Å². The van der Waals surface area contributed by atoms with Crippen molar-refractivity contribution in [3.05, 3.63) is 47.8 Å². The number of benzene rings is 1. The highest BCUT2D eigenvalue weighted by Gasteiger charge is 2.23. The molecule has 0 unspecified atom stereocenters. The van der Waals surface area contributed by atoms with Crippen LogP contribution in [0.4, 0.5) is 0 Å². The quantitative estimate of drug-likeness (QED) is 0.748. The van der Waals surface area contributed by atoms with E-state index in [0.717, 1.165) is 52.3 Å². The molecule has 1 amide bonds. The van der Waals surface area contributed by atoms with Gasteiger partial charge >= 0.3 is 0 Å². The van der Waals surface area contributed by atoms with Crippen LogP contribution < -0.4 is 0 Å². The van der Waals surface area contributed by atoms with E-state index in [-0.39, 0.29) is 5.91 Å². The van der Waals surface area contributed by atoms with Gasteiger partial charge in [0, 0.05) is 46.4 Å². The Morgan fingerprint density at radius 1 is 1.12 bits per heavy atom. The van der Waals surface area contributed by atoms with Crippen LogP contribution in [0.3, 0.4) is 0 Å². The van der Waals surface area contributed by atoms with Gasteiger partial charge in [-0.05, 0) is 12.0 Å². The van der Waals surface area contributed by atoms with Crippen LogP contribution in [0.2, 0.25) is 0 Å². The summed E-state index contributed by atoms with van der Waals surface area (Å²) in [5, 5.41) is 8.16. The number of rotatable bonds is 7. The van der Waals surface area contributed by atoms with Crippen molar-refractivity contribution in [1.82, 2.24) is 24.8 Å². The maximum atomic E-state index is 12.6. The fraction of sp³-hybridized carbons (Fsp3) is 0.500. The number of hydrogen-bond donors (Lipinski definition) is 0. The minimum atomic E-state index is -0.0302. The van der Waals surface area contributed by atoms with Gasteiger partial charge in [0.15, 0.2) is 5.69 Å². The van der Waals surface area contributed by atoms with E-state index < -0.39 is 0 Å². The number of carbonyl (C=O) groups is 1. The number of ether oxygens (including phenoxy) is 1. The first-order valence-electron chi connectivity index (χ1n) is 8.71. The zero-order valence-corrected chi connectivity index (χ0v) is 14.7. The van der Waals surface area contributed by atoms with Crippen LogP contribution >= 0.6 is 0 Å². The molecule has 1 fully saturated rings. The van der Waals surface area contributed by atoms with Crippen molar-refractivity contribution >= 4 is 5.91 Å². The molecule has 7 nitrogen and oxygen atoms in total. The molecule has 0 spiro atoms. The molecular formula is C18H25N5O2. The molecule has 0 bridgehead atoms. The fourth-order valence-corrected chi connectivity index (χ4v) is 2.95. The van der Waals surface area contributed by atoms with Crippen LogP contribution in [0.5, 0.6) is 0 Å². The largest absolute Gasteiger partial charge is 0.383 e. The van der Waals surface area contributed by atoms with E-state index in [2.05, 4.69) is 27.3 Å². The average molecular weight is 343 g/mol. The highest BCUT2D eigenvalue weighted by molar-refractivity contribution is 5.92. The van der Waals surface area contributed by atoms with Gasteiger partial charge in [0.05, 0.1) is 12.8 Å². The van der Waals surface area contributed by atoms with Crippen molar-refractivity contribution in [3.8, 4) is 0 Å². The van der Waals surface area contributed by atoms with Gasteiger partial charge in [-0.1, -0.05) is 35.5 Å². The predicted molar refractivity (Wildman–Crippen MR) is 94.4 cm³/mol. The first-order valence-corrected chi connectivity index (χ1v) is 8.71. The lowest BCUT2D eigenvalue weighted by atomic mass is 10.1. The number of piperazine rings is 1. The maximum absolute atomic E-state index is 12.6. The topological polar surface area (TPSA) is 63.5 Å². The molecule has 1 aromatic heterocycles. The van der Waals surface area contributed by atoms with E-state index in [1.165, 1.54) is 5.56 Å². The Morgan fingerprint density at radius 2 is 1.88 bits per heavy atom. The highest BCUT2D eigenvalue weighted by Crippen LogP contribution is 2.07. The number of aryl methyl sites for hydroxylation is 2. The fourth-order valence-electron chi connectivity index (χ4n) is 2.95. The SMILES string of the molecule is COCCN1CCN(C(=O)c2cn(CCc3ccccc3)nn2)CC1. The Kier molecular flexibility index (Phi) is 6.14. The molecule has 0 atom stereocenters. The number of methoxy groups -OCH3 is 1. The Morgan fingerprint density at radius 3 is 2.60 bits per heavy atom. The molecule has 0 N–H and O–H groups in total. The maximum Gasteiger partial charge on any atom is 0.276 e. The second kappa shape index (κ2) is 8.73. The lowest BCUT2D eigenvalue weighted by molar-refractivity contribution is 0.0589. The number of nitrogens with zero attached hydrogens (tertiary/aromatic N) is 5. The summed E-state index contributed by atoms with van der Waals surface area (Å²) in [5.41, 5.74) is 1.68. The Balaban J connectivity index is 1.49. The summed E-state index contributed by atoms with van der Waals surface area (Å²) < 4.78 is 6.85. The van der Waals surface area contributed by atoms with Gasteiger partial charge in [-0.3, -0.25) is 14.4 Å². The van der Waals surface area contributed by atoms with Crippen molar-refractivity contribution in [3.63, 3.8) is 0 Å². The summed E-state index contributed by atoms with van der Waals surface area (Å²) in [7, 11) is 1.71. The van der Waals surface area contributed by atoms with Crippen LogP contribution in [-0.4, -0.2) is 77.1 Å². The van der Waals surface area contributed by atoms with Crippen molar-refractivity contribution in [2.24, 2.45) is 0 Å². The molecule has 1 aromatic carbocycles. The van der Waals surface area contributed by atoms with Gasteiger partial charge in [0.2, 0.25) is 0 Å². The first kappa shape index (κ1) is 17.6. The van der Waals surface area contributed by atoms with Crippen LogP contribution in [0.15, 0.2) is 36.5 Å². The molecule has 2 aromatic rings. The Labute approximate surface area is 148 Å². The molecule has 1 aliphatic rings. The molecule has 2 heterocycles. The molecule has 0 radical (unpaired) electrons. The number of hydrogen-bond acceptors (Lipinski definition) is 5. The molecule has 3 rings (SSSR count). The third-order valence-electron chi connectivity index (χ3n) is 4.50. The molecular weight excluding hydrogens is 318 g/mol. The van der Waals surface area contributed by atoms with E-state index >= 15 is 0 Å².